The van der Waals surface area contributed by atoms with Crippen LogP contribution in [0.2, 0.25) is 0 Å². The van der Waals surface area contributed by atoms with Crippen LogP contribution in [0.4, 0.5) is 0 Å². The van der Waals surface area contributed by atoms with Crippen molar-refractivity contribution >= 4 is 11.8 Å². The number of hydrogen-bond donors (Lipinski definition) is 2. The molecule has 0 bridgehead atoms. The van der Waals surface area contributed by atoms with E-state index in [-0.39, 0.29) is 30.0 Å². The molecule has 3 rings (SSSR count). The quantitative estimate of drug-likeness (QED) is 0.431. The number of nitrogens with zero attached hydrogens (tertiary/aromatic N) is 1. The maximum absolute atomic E-state index is 12.6. The first-order valence-corrected chi connectivity index (χ1v) is 11.0. The highest BCUT2D eigenvalue weighted by atomic mass is 16.2. The van der Waals surface area contributed by atoms with Crippen molar-refractivity contribution in [3.8, 4) is 25.7 Å². The van der Waals surface area contributed by atoms with Crippen molar-refractivity contribution in [1.29, 1.82) is 0 Å². The van der Waals surface area contributed by atoms with E-state index in [1.165, 1.54) is 12.8 Å². The molecule has 174 valence electrons. The molecule has 1 aliphatic carbocycles. The summed E-state index contributed by atoms with van der Waals surface area (Å²) in [5, 5.41) is 3.16. The Morgan fingerprint density at radius 2 is 1.68 bits per heavy atom. The first kappa shape index (κ1) is 30.7. The van der Waals surface area contributed by atoms with Gasteiger partial charge in [-0.1, -0.05) is 44.9 Å². The first-order valence-electron chi connectivity index (χ1n) is 11.0. The Morgan fingerprint density at radius 1 is 1.06 bits per heavy atom. The molecule has 2 fully saturated rings. The van der Waals surface area contributed by atoms with E-state index in [0.717, 1.165) is 32.2 Å². The standard InChI is InChI=1S/C19H30N2O2.C3H6.2C2H2.H3N/c1-13-5-3-6-14(2)11-18(22)21-10-4-7-17(21)19(23)20-16-12-15(16)9-8-13;1-3-2;2*1-2;/h8-9,13-17H,3-7,10-12H2,1-2H3,(H,20,23);3H,1H2,2H3;2*1-2H;1H3/b9-8-;;;;/t13?,14?,15-,16-,17+;;;;/m1..../s1. The van der Waals surface area contributed by atoms with Gasteiger partial charge in [-0.2, -0.15) is 0 Å². The highest BCUT2D eigenvalue weighted by molar-refractivity contribution is 5.88. The minimum Gasteiger partial charge on any atom is -0.351 e. The third-order valence-electron chi connectivity index (χ3n) is 5.61. The van der Waals surface area contributed by atoms with Crippen molar-refractivity contribution in [3.63, 3.8) is 0 Å². The van der Waals surface area contributed by atoms with Crippen molar-refractivity contribution in [1.82, 2.24) is 16.4 Å². The highest BCUT2D eigenvalue weighted by Crippen LogP contribution is 2.33. The Balaban J connectivity index is 0. The van der Waals surface area contributed by atoms with E-state index in [4.69, 9.17) is 0 Å². The van der Waals surface area contributed by atoms with Crippen molar-refractivity contribution in [3.05, 3.63) is 24.8 Å². The average Bonchev–Trinajstić information content (AvgIpc) is 3.27. The summed E-state index contributed by atoms with van der Waals surface area (Å²) in [7, 11) is 0. The second-order valence-electron chi connectivity index (χ2n) is 8.27. The predicted octanol–water partition coefficient (Wildman–Crippen LogP) is 4.74. The second kappa shape index (κ2) is 17.2. The molecule has 1 saturated carbocycles. The molecule has 0 aromatic carbocycles. The molecule has 5 nitrogen and oxygen atoms in total. The normalized spacial score (nSPS) is 30.5. The molecule has 2 aliphatic heterocycles. The van der Waals surface area contributed by atoms with Gasteiger partial charge in [0, 0.05) is 19.0 Å². The fraction of sp³-hybridized carbons (Fsp3) is 0.615. The molecule has 0 spiro atoms. The van der Waals surface area contributed by atoms with E-state index in [0.29, 0.717) is 24.2 Å². The molecular weight excluding hydrogens is 386 g/mol. The van der Waals surface area contributed by atoms with Gasteiger partial charge >= 0.3 is 0 Å². The summed E-state index contributed by atoms with van der Waals surface area (Å²) in [5.74, 6) is 1.72. The zero-order valence-corrected chi connectivity index (χ0v) is 19.8. The van der Waals surface area contributed by atoms with E-state index >= 15 is 0 Å². The van der Waals surface area contributed by atoms with Gasteiger partial charge in [-0.05, 0) is 50.4 Å². The van der Waals surface area contributed by atoms with Crippen LogP contribution in [0.1, 0.15) is 65.7 Å². The van der Waals surface area contributed by atoms with E-state index in [1.807, 2.05) is 11.8 Å². The Bertz CT molecular complexity index is 602. The van der Waals surface area contributed by atoms with Crippen LogP contribution in [0.15, 0.2) is 24.8 Å². The zero-order chi connectivity index (χ0) is 23.1. The van der Waals surface area contributed by atoms with Gasteiger partial charge in [0.2, 0.25) is 11.8 Å². The van der Waals surface area contributed by atoms with Gasteiger partial charge in [0.05, 0.1) is 0 Å². The van der Waals surface area contributed by atoms with Gasteiger partial charge in [0.25, 0.3) is 0 Å². The van der Waals surface area contributed by atoms with Gasteiger partial charge in [-0.3, -0.25) is 9.59 Å². The summed E-state index contributed by atoms with van der Waals surface area (Å²) in [4.78, 5) is 26.9. The van der Waals surface area contributed by atoms with Crippen LogP contribution >= 0.6 is 0 Å². The molecular formula is C26H43N3O2. The smallest absolute Gasteiger partial charge is 0.243 e. The molecule has 2 amide bonds. The van der Waals surface area contributed by atoms with Crippen molar-refractivity contribution in [2.24, 2.45) is 17.8 Å². The van der Waals surface area contributed by atoms with Crippen LogP contribution < -0.4 is 11.5 Å². The Kier molecular flexibility index (Phi) is 17.0. The number of terminal acetylenes is 2. The summed E-state index contributed by atoms with van der Waals surface area (Å²) in [6.07, 6.45) is 29.2. The number of hydrogen-bond acceptors (Lipinski definition) is 3. The second-order valence-corrected chi connectivity index (χ2v) is 8.27. The van der Waals surface area contributed by atoms with Gasteiger partial charge in [-0.15, -0.1) is 32.3 Å². The highest BCUT2D eigenvalue weighted by Gasteiger charge is 2.40. The number of amides is 2. The number of allylic oxidation sites excluding steroid dienone is 2. The molecule has 1 saturated heterocycles. The van der Waals surface area contributed by atoms with Crippen molar-refractivity contribution in [2.75, 3.05) is 6.54 Å². The lowest BCUT2D eigenvalue weighted by Crippen LogP contribution is -2.47. The maximum atomic E-state index is 12.6. The lowest BCUT2D eigenvalue weighted by molar-refractivity contribution is -0.139. The van der Waals surface area contributed by atoms with E-state index in [2.05, 4.69) is 63.6 Å². The number of carbonyl (C=O) groups excluding carboxylic acids is 2. The van der Waals surface area contributed by atoms with Gasteiger partial charge in [0.15, 0.2) is 0 Å². The maximum Gasteiger partial charge on any atom is 0.243 e. The fourth-order valence-electron chi connectivity index (χ4n) is 3.94. The molecule has 0 aromatic rings. The lowest BCUT2D eigenvalue weighted by atomic mass is 9.95. The topological polar surface area (TPSA) is 84.4 Å². The molecule has 31 heavy (non-hydrogen) atoms. The largest absolute Gasteiger partial charge is 0.351 e. The first-order chi connectivity index (χ1) is 14.5. The molecule has 5 atom stereocenters. The van der Waals surface area contributed by atoms with Crippen molar-refractivity contribution < 1.29 is 9.59 Å². The Morgan fingerprint density at radius 3 is 2.29 bits per heavy atom. The molecule has 0 radical (unpaired) electrons. The van der Waals surface area contributed by atoms with Crippen LogP contribution in [0.3, 0.4) is 0 Å². The van der Waals surface area contributed by atoms with Crippen LogP contribution in [0, 0.1) is 43.4 Å². The van der Waals surface area contributed by atoms with Crippen molar-refractivity contribution in [2.45, 2.75) is 77.8 Å². The minimum absolute atomic E-state index is 0. The third kappa shape index (κ3) is 10.9. The van der Waals surface area contributed by atoms with Crippen LogP contribution in [0.25, 0.3) is 0 Å². The number of carbonyl (C=O) groups is 2. The summed E-state index contributed by atoms with van der Waals surface area (Å²) in [5.41, 5.74) is 0. The van der Waals surface area contributed by atoms with Crippen LogP contribution in [0.5, 0.6) is 0 Å². The summed E-state index contributed by atoms with van der Waals surface area (Å²) in [6.45, 7) is 10.4. The van der Waals surface area contributed by atoms with Crippen LogP contribution in [-0.2, 0) is 9.59 Å². The monoisotopic (exact) mass is 429 g/mol. The molecule has 0 aromatic heterocycles. The number of rotatable bonds is 0. The predicted molar refractivity (Wildman–Crippen MR) is 131 cm³/mol. The summed E-state index contributed by atoms with van der Waals surface area (Å²) >= 11 is 0. The summed E-state index contributed by atoms with van der Waals surface area (Å²) in [6, 6.07) is 0.0523. The van der Waals surface area contributed by atoms with E-state index in [1.54, 1.807) is 6.08 Å². The van der Waals surface area contributed by atoms with Gasteiger partial charge < -0.3 is 16.4 Å². The Labute approximate surface area is 190 Å². The molecule has 5 heteroatoms. The molecule has 2 unspecified atom stereocenters. The SMILES string of the molecule is C#C.C#C.C=CC.CC1/C=C\[C@@H]2C[C@H]2NC(=O)[C@@H]2CCCN2C(=O)CC(C)CCC1.N. The average molecular weight is 430 g/mol. The van der Waals surface area contributed by atoms with Crippen LogP contribution in [-0.4, -0.2) is 35.3 Å². The van der Waals surface area contributed by atoms with E-state index < -0.39 is 0 Å². The molecule has 3 aliphatic rings. The fourth-order valence-corrected chi connectivity index (χ4v) is 3.94. The number of nitrogens with one attached hydrogen (secondary N) is 1. The molecule has 2 heterocycles. The van der Waals surface area contributed by atoms with Gasteiger partial charge in [0.1, 0.15) is 6.04 Å². The lowest BCUT2D eigenvalue weighted by Gasteiger charge is -2.25. The van der Waals surface area contributed by atoms with Gasteiger partial charge in [-0.25, -0.2) is 0 Å². The Hall–Kier alpha value is -2.50. The zero-order valence-electron chi connectivity index (χ0n) is 19.8. The number of fused-ring (bicyclic) bond motifs is 2. The van der Waals surface area contributed by atoms with E-state index in [9.17, 15) is 9.59 Å². The molecule has 4 N–H and O–H groups in total. The summed E-state index contributed by atoms with van der Waals surface area (Å²) < 4.78 is 0. The third-order valence-corrected chi connectivity index (χ3v) is 5.61. The minimum atomic E-state index is -0.232.